The third-order valence-corrected chi connectivity index (χ3v) is 4.75. The first kappa shape index (κ1) is 15.1. The molecule has 1 atom stereocenters. The number of nitrogens with zero attached hydrogens (tertiary/aromatic N) is 1. The summed E-state index contributed by atoms with van der Waals surface area (Å²) in [7, 11) is 0. The Morgan fingerprint density at radius 1 is 1.33 bits per heavy atom. The van der Waals surface area contributed by atoms with Crippen LogP contribution in [0.3, 0.4) is 0 Å². The Morgan fingerprint density at radius 2 is 2.05 bits per heavy atom. The van der Waals surface area contributed by atoms with Crippen molar-refractivity contribution in [1.29, 1.82) is 0 Å². The predicted molar refractivity (Wildman–Crippen MR) is 80.3 cm³/mol. The molecule has 3 aliphatic heterocycles. The van der Waals surface area contributed by atoms with Crippen molar-refractivity contribution in [2.75, 3.05) is 19.6 Å². The van der Waals surface area contributed by atoms with Gasteiger partial charge in [0.15, 0.2) is 0 Å². The van der Waals surface area contributed by atoms with E-state index >= 15 is 0 Å². The van der Waals surface area contributed by atoms with Crippen molar-refractivity contribution in [1.82, 2.24) is 10.2 Å². The highest BCUT2D eigenvalue weighted by atomic mass is 16.6. The molecule has 3 heterocycles. The van der Waals surface area contributed by atoms with Crippen LogP contribution in [0.5, 0.6) is 0 Å². The molecule has 5 nitrogen and oxygen atoms in total. The van der Waals surface area contributed by atoms with E-state index in [1.165, 1.54) is 25.7 Å². The molecular formula is C16H28N2O3. The van der Waals surface area contributed by atoms with Crippen LogP contribution >= 0.6 is 0 Å². The van der Waals surface area contributed by atoms with E-state index in [0.29, 0.717) is 6.10 Å². The van der Waals surface area contributed by atoms with Gasteiger partial charge in [-0.3, -0.25) is 4.90 Å². The number of hydrogen-bond donors (Lipinski definition) is 1. The van der Waals surface area contributed by atoms with Crippen LogP contribution in [0.1, 0.15) is 52.9 Å². The van der Waals surface area contributed by atoms with E-state index in [1.54, 1.807) is 0 Å². The van der Waals surface area contributed by atoms with Gasteiger partial charge < -0.3 is 14.8 Å². The van der Waals surface area contributed by atoms with Gasteiger partial charge in [-0.25, -0.2) is 4.79 Å². The molecule has 3 saturated heterocycles. The Bertz CT molecular complexity index is 397. The van der Waals surface area contributed by atoms with E-state index in [-0.39, 0.29) is 23.3 Å². The fraction of sp³-hybridized carbons (Fsp3) is 0.938. The van der Waals surface area contributed by atoms with Gasteiger partial charge >= 0.3 is 6.09 Å². The molecule has 5 heteroatoms. The monoisotopic (exact) mass is 296 g/mol. The van der Waals surface area contributed by atoms with Crippen molar-refractivity contribution < 1.29 is 14.3 Å². The van der Waals surface area contributed by atoms with E-state index in [4.69, 9.17) is 9.47 Å². The van der Waals surface area contributed by atoms with Gasteiger partial charge in [-0.2, -0.15) is 0 Å². The lowest BCUT2D eigenvalue weighted by atomic mass is 9.88. The topological polar surface area (TPSA) is 50.8 Å². The van der Waals surface area contributed by atoms with E-state index in [0.717, 1.165) is 26.1 Å². The number of amides is 1. The van der Waals surface area contributed by atoms with Gasteiger partial charge in [-0.05, 0) is 52.9 Å². The lowest BCUT2D eigenvalue weighted by Gasteiger charge is -2.30. The molecule has 0 radical (unpaired) electrons. The molecule has 0 aliphatic carbocycles. The van der Waals surface area contributed by atoms with Crippen LogP contribution in [0.4, 0.5) is 4.79 Å². The smallest absolute Gasteiger partial charge is 0.407 e. The molecule has 1 N–H and O–H groups in total. The van der Waals surface area contributed by atoms with Crippen molar-refractivity contribution in [3.05, 3.63) is 0 Å². The van der Waals surface area contributed by atoms with Gasteiger partial charge in [-0.1, -0.05) is 0 Å². The summed E-state index contributed by atoms with van der Waals surface area (Å²) in [5.41, 5.74) is -0.141. The molecule has 2 bridgehead atoms. The zero-order valence-corrected chi connectivity index (χ0v) is 13.5. The zero-order chi connectivity index (χ0) is 15.1. The average molecular weight is 296 g/mol. The first-order chi connectivity index (χ1) is 9.84. The molecule has 3 fully saturated rings. The molecule has 0 aromatic heterocycles. The number of nitrogens with one attached hydrogen (secondary N) is 1. The van der Waals surface area contributed by atoms with Gasteiger partial charge in [0.2, 0.25) is 0 Å². The molecule has 3 aliphatic rings. The first-order valence-corrected chi connectivity index (χ1v) is 8.23. The van der Waals surface area contributed by atoms with Crippen LogP contribution < -0.4 is 5.32 Å². The van der Waals surface area contributed by atoms with Gasteiger partial charge in [0, 0.05) is 25.2 Å². The maximum absolute atomic E-state index is 11.8. The number of fused-ring (bicyclic) bond motifs is 2. The number of ether oxygens (including phenoxy) is 2. The Kier molecular flexibility index (Phi) is 3.91. The summed E-state index contributed by atoms with van der Waals surface area (Å²) < 4.78 is 11.7. The normalized spacial score (nSPS) is 36.1. The van der Waals surface area contributed by atoms with Crippen LogP contribution in [-0.2, 0) is 9.47 Å². The second-order valence-corrected chi connectivity index (χ2v) is 7.93. The summed E-state index contributed by atoms with van der Waals surface area (Å²) in [6.45, 7) is 8.73. The highest BCUT2D eigenvalue weighted by Crippen LogP contribution is 2.44. The average Bonchev–Trinajstić information content (AvgIpc) is 3.03. The predicted octanol–water partition coefficient (Wildman–Crippen LogP) is 2.30. The molecule has 0 aromatic carbocycles. The summed E-state index contributed by atoms with van der Waals surface area (Å²) in [5, 5.41) is 2.85. The Balaban J connectivity index is 1.44. The minimum Gasteiger partial charge on any atom is -0.445 e. The third-order valence-electron chi connectivity index (χ3n) is 4.75. The summed E-state index contributed by atoms with van der Waals surface area (Å²) in [6, 6.07) is 0. The molecule has 0 aromatic rings. The maximum Gasteiger partial charge on any atom is 0.407 e. The van der Waals surface area contributed by atoms with E-state index in [1.807, 2.05) is 20.8 Å². The van der Waals surface area contributed by atoms with E-state index < -0.39 is 0 Å². The lowest BCUT2D eigenvalue weighted by molar-refractivity contribution is -0.0110. The van der Waals surface area contributed by atoms with E-state index in [2.05, 4.69) is 10.2 Å². The van der Waals surface area contributed by atoms with E-state index in [9.17, 15) is 4.79 Å². The first-order valence-electron chi connectivity index (χ1n) is 8.23. The van der Waals surface area contributed by atoms with Crippen molar-refractivity contribution in [2.45, 2.75) is 76.2 Å². The number of carbonyl (C=O) groups is 1. The molecule has 3 rings (SSSR count). The van der Waals surface area contributed by atoms with Gasteiger partial charge in [0.1, 0.15) is 6.10 Å². The quantitative estimate of drug-likeness (QED) is 0.868. The minimum absolute atomic E-state index is 0.0161. The Hall–Kier alpha value is -0.810. The van der Waals surface area contributed by atoms with Crippen molar-refractivity contribution >= 4 is 6.09 Å². The number of carbonyl (C=O) groups excluding carboxylic acids is 1. The maximum atomic E-state index is 11.8. The lowest BCUT2D eigenvalue weighted by Crippen LogP contribution is -2.43. The summed E-state index contributed by atoms with van der Waals surface area (Å²) in [4.78, 5) is 14.2. The van der Waals surface area contributed by atoms with Crippen molar-refractivity contribution in [3.63, 3.8) is 0 Å². The van der Waals surface area contributed by atoms with Crippen LogP contribution in [0.2, 0.25) is 0 Å². The van der Waals surface area contributed by atoms with Crippen LogP contribution in [0.15, 0.2) is 0 Å². The van der Waals surface area contributed by atoms with Crippen LogP contribution in [0, 0.1) is 0 Å². The molecule has 0 saturated carbocycles. The summed E-state index contributed by atoms with van der Waals surface area (Å²) >= 11 is 0. The van der Waals surface area contributed by atoms with Gasteiger partial charge in [0.25, 0.3) is 0 Å². The minimum atomic E-state index is -0.300. The number of hydrogen-bond acceptors (Lipinski definition) is 4. The fourth-order valence-electron chi connectivity index (χ4n) is 3.83. The Labute approximate surface area is 127 Å². The molecule has 21 heavy (non-hydrogen) atoms. The fourth-order valence-corrected chi connectivity index (χ4v) is 3.83. The third kappa shape index (κ3) is 3.69. The van der Waals surface area contributed by atoms with Crippen molar-refractivity contribution in [2.24, 2.45) is 0 Å². The number of rotatable bonds is 3. The highest BCUT2D eigenvalue weighted by molar-refractivity contribution is 5.68. The van der Waals surface area contributed by atoms with Gasteiger partial charge in [-0.15, -0.1) is 0 Å². The summed E-state index contributed by atoms with van der Waals surface area (Å²) in [5.74, 6) is 0. The molecule has 0 spiro atoms. The largest absolute Gasteiger partial charge is 0.445 e. The van der Waals surface area contributed by atoms with Crippen LogP contribution in [0.25, 0.3) is 0 Å². The highest BCUT2D eigenvalue weighted by Gasteiger charge is 2.47. The SMILES string of the molecule is CC(C)(C)NC(=O)O[C@@H]1CCN(CC23CCC(CC2)O3)C1. The Morgan fingerprint density at radius 3 is 2.62 bits per heavy atom. The molecule has 120 valence electrons. The molecule has 0 unspecified atom stereocenters. The second-order valence-electron chi connectivity index (χ2n) is 7.93. The van der Waals surface area contributed by atoms with Crippen molar-refractivity contribution in [3.8, 4) is 0 Å². The second kappa shape index (κ2) is 5.43. The van der Waals surface area contributed by atoms with Crippen LogP contribution in [-0.4, -0.2) is 54.0 Å². The summed E-state index contributed by atoms with van der Waals surface area (Å²) in [6.07, 6.45) is 6.00. The molecule has 1 amide bonds. The zero-order valence-electron chi connectivity index (χ0n) is 13.5. The molecular weight excluding hydrogens is 268 g/mol. The number of likely N-dealkylation sites (tertiary alicyclic amines) is 1. The standard InChI is InChI=1S/C16H28N2O3/c1-15(2,3)17-14(19)20-13-6-9-18(10-13)11-16-7-4-12(21-16)5-8-16/h12-13H,4-11H2,1-3H3,(H,17,19)/t12?,13-,16?/m1/s1. The number of alkyl carbamates (subject to hydrolysis) is 1. The van der Waals surface area contributed by atoms with Gasteiger partial charge in [0.05, 0.1) is 11.7 Å².